The maximum atomic E-state index is 5.14. The van der Waals surface area contributed by atoms with Crippen molar-refractivity contribution in [3.05, 3.63) is 17.0 Å². The van der Waals surface area contributed by atoms with Gasteiger partial charge in [-0.2, -0.15) is 0 Å². The summed E-state index contributed by atoms with van der Waals surface area (Å²) in [5, 5.41) is 6.67. The minimum absolute atomic E-state index is 0.517. The Hall–Kier alpha value is -0.0300. The summed E-state index contributed by atoms with van der Waals surface area (Å²) in [5.74, 6) is 0. The van der Waals surface area contributed by atoms with Gasteiger partial charge in [0.1, 0.15) is 0 Å². The molecule has 96 valence electrons. The molecule has 0 aliphatic carbocycles. The molecule has 0 spiro atoms. The Morgan fingerprint density at radius 3 is 3.18 bits per heavy atom. The van der Waals surface area contributed by atoms with Crippen LogP contribution in [0.5, 0.6) is 0 Å². The molecule has 2 nitrogen and oxygen atoms in total. The van der Waals surface area contributed by atoms with E-state index in [9.17, 15) is 0 Å². The van der Waals surface area contributed by atoms with Crippen LogP contribution >= 0.6 is 23.1 Å². The van der Waals surface area contributed by atoms with Gasteiger partial charge in [0.05, 0.1) is 4.21 Å². The van der Waals surface area contributed by atoms with E-state index in [1.807, 2.05) is 23.1 Å². The van der Waals surface area contributed by atoms with E-state index < -0.39 is 0 Å². The van der Waals surface area contributed by atoms with Gasteiger partial charge in [0.2, 0.25) is 0 Å². The van der Waals surface area contributed by atoms with Crippen LogP contribution in [0.3, 0.4) is 0 Å². The van der Waals surface area contributed by atoms with Gasteiger partial charge in [0.25, 0.3) is 0 Å². The molecular weight excluding hydrogens is 250 g/mol. The molecule has 2 heterocycles. The van der Waals surface area contributed by atoms with Crippen molar-refractivity contribution in [3.63, 3.8) is 0 Å². The van der Waals surface area contributed by atoms with Crippen molar-refractivity contribution in [3.8, 4) is 0 Å². The lowest BCUT2D eigenvalue weighted by molar-refractivity contribution is 0.182. The third-order valence-corrected chi connectivity index (χ3v) is 5.49. The second-order valence-electron chi connectivity index (χ2n) is 4.73. The molecule has 0 radical (unpaired) electrons. The molecule has 0 bridgehead atoms. The number of rotatable bonds is 5. The third-order valence-electron chi connectivity index (χ3n) is 3.15. The summed E-state index contributed by atoms with van der Waals surface area (Å²) < 4.78 is 6.64. The number of thioether (sulfide) groups is 1. The molecule has 0 saturated carbocycles. The minimum atomic E-state index is 0.517. The van der Waals surface area contributed by atoms with Crippen molar-refractivity contribution in [1.82, 2.24) is 5.32 Å². The summed E-state index contributed by atoms with van der Waals surface area (Å²) in [6.45, 7) is 5.40. The van der Waals surface area contributed by atoms with E-state index in [4.69, 9.17) is 4.74 Å². The summed E-state index contributed by atoms with van der Waals surface area (Å²) in [4.78, 5) is 0. The maximum absolute atomic E-state index is 5.14. The SMILES string of the molecule is COCCC(C)NC1C[C@H](C)Sc2sccc21. The molecule has 1 aromatic rings. The summed E-state index contributed by atoms with van der Waals surface area (Å²) in [5.41, 5.74) is 1.50. The van der Waals surface area contributed by atoms with Crippen LogP contribution in [0.15, 0.2) is 15.7 Å². The maximum Gasteiger partial charge on any atom is 0.0649 e. The topological polar surface area (TPSA) is 21.3 Å². The van der Waals surface area contributed by atoms with E-state index >= 15 is 0 Å². The van der Waals surface area contributed by atoms with Gasteiger partial charge in [-0.25, -0.2) is 0 Å². The second-order valence-corrected chi connectivity index (χ2v) is 7.35. The summed E-state index contributed by atoms with van der Waals surface area (Å²) in [7, 11) is 1.77. The van der Waals surface area contributed by atoms with Crippen LogP contribution < -0.4 is 5.32 Å². The van der Waals surface area contributed by atoms with Gasteiger partial charge in [0, 0.05) is 31.1 Å². The number of hydrogen-bond donors (Lipinski definition) is 1. The van der Waals surface area contributed by atoms with Crippen molar-refractivity contribution in [1.29, 1.82) is 0 Å². The first kappa shape index (κ1) is 13.4. The number of hydrogen-bond acceptors (Lipinski definition) is 4. The van der Waals surface area contributed by atoms with E-state index in [1.165, 1.54) is 16.2 Å². The Morgan fingerprint density at radius 1 is 1.59 bits per heavy atom. The van der Waals surface area contributed by atoms with Crippen molar-refractivity contribution in [2.75, 3.05) is 13.7 Å². The number of nitrogens with one attached hydrogen (secondary N) is 1. The van der Waals surface area contributed by atoms with Gasteiger partial charge in [-0.15, -0.1) is 23.1 Å². The minimum Gasteiger partial charge on any atom is -0.385 e. The zero-order chi connectivity index (χ0) is 12.3. The predicted octanol–water partition coefficient (Wildman–Crippen LogP) is 3.69. The zero-order valence-electron chi connectivity index (χ0n) is 10.7. The Labute approximate surface area is 112 Å². The van der Waals surface area contributed by atoms with Crippen LogP contribution in [-0.2, 0) is 4.74 Å². The molecule has 1 aliphatic rings. The molecule has 2 rings (SSSR count). The molecule has 4 heteroatoms. The summed E-state index contributed by atoms with van der Waals surface area (Å²) >= 11 is 3.90. The molecule has 1 aliphatic heterocycles. The average molecular weight is 271 g/mol. The first-order valence-corrected chi connectivity index (χ1v) is 7.95. The second kappa shape index (κ2) is 6.23. The molecule has 1 aromatic heterocycles. The molecule has 17 heavy (non-hydrogen) atoms. The first-order valence-electron chi connectivity index (χ1n) is 6.19. The molecular formula is C13H21NOS2. The van der Waals surface area contributed by atoms with Gasteiger partial charge in [-0.1, -0.05) is 6.92 Å². The zero-order valence-corrected chi connectivity index (χ0v) is 12.4. The van der Waals surface area contributed by atoms with Crippen molar-refractivity contribution in [2.45, 2.75) is 48.2 Å². The average Bonchev–Trinajstić information content (AvgIpc) is 2.74. The van der Waals surface area contributed by atoms with Gasteiger partial charge >= 0.3 is 0 Å². The Bertz CT molecular complexity index is 353. The molecule has 0 saturated heterocycles. The van der Waals surface area contributed by atoms with Gasteiger partial charge in [-0.05, 0) is 36.8 Å². The fourth-order valence-electron chi connectivity index (χ4n) is 2.23. The van der Waals surface area contributed by atoms with E-state index in [0.29, 0.717) is 17.3 Å². The molecule has 1 N–H and O–H groups in total. The number of methoxy groups -OCH3 is 1. The van der Waals surface area contributed by atoms with Crippen molar-refractivity contribution >= 4 is 23.1 Å². The lowest BCUT2D eigenvalue weighted by Crippen LogP contribution is -2.34. The van der Waals surface area contributed by atoms with Crippen LogP contribution in [-0.4, -0.2) is 25.0 Å². The lowest BCUT2D eigenvalue weighted by Gasteiger charge is -2.30. The molecule has 0 aromatic carbocycles. The largest absolute Gasteiger partial charge is 0.385 e. The van der Waals surface area contributed by atoms with Crippen LogP contribution in [0.4, 0.5) is 0 Å². The number of fused-ring (bicyclic) bond motifs is 1. The molecule has 0 fully saturated rings. The fraction of sp³-hybridized carbons (Fsp3) is 0.692. The van der Waals surface area contributed by atoms with Gasteiger partial charge in [-0.3, -0.25) is 0 Å². The predicted molar refractivity (Wildman–Crippen MR) is 76.1 cm³/mol. The third kappa shape index (κ3) is 3.47. The molecule has 3 atom stereocenters. The van der Waals surface area contributed by atoms with Crippen molar-refractivity contribution < 1.29 is 4.74 Å². The Kier molecular flexibility index (Phi) is 4.91. The van der Waals surface area contributed by atoms with Crippen molar-refractivity contribution in [2.24, 2.45) is 0 Å². The monoisotopic (exact) mass is 271 g/mol. The van der Waals surface area contributed by atoms with Crippen LogP contribution in [0.1, 0.15) is 38.3 Å². The highest BCUT2D eigenvalue weighted by Gasteiger charge is 2.26. The fourth-order valence-corrected chi connectivity index (χ4v) is 4.80. The highest BCUT2D eigenvalue weighted by molar-refractivity contribution is 8.01. The normalized spacial score (nSPS) is 25.6. The Morgan fingerprint density at radius 2 is 2.41 bits per heavy atom. The highest BCUT2D eigenvalue weighted by atomic mass is 32.2. The number of thiophene rings is 1. The van der Waals surface area contributed by atoms with Crippen LogP contribution in [0.25, 0.3) is 0 Å². The lowest BCUT2D eigenvalue weighted by atomic mass is 10.0. The standard InChI is InChI=1S/C13H21NOS2/c1-9(4-6-15-3)14-12-8-10(2)17-13-11(12)5-7-16-13/h5,7,9-10,12,14H,4,6,8H2,1-3H3/t9?,10-,12?/m0/s1. The van der Waals surface area contributed by atoms with Crippen LogP contribution in [0.2, 0.25) is 0 Å². The molecule has 0 amide bonds. The van der Waals surface area contributed by atoms with E-state index in [0.717, 1.165) is 13.0 Å². The van der Waals surface area contributed by atoms with E-state index in [-0.39, 0.29) is 0 Å². The first-order chi connectivity index (χ1) is 8.20. The smallest absolute Gasteiger partial charge is 0.0649 e. The summed E-state index contributed by atoms with van der Waals surface area (Å²) in [6, 6.07) is 3.32. The van der Waals surface area contributed by atoms with E-state index in [1.54, 1.807) is 7.11 Å². The number of ether oxygens (including phenoxy) is 1. The van der Waals surface area contributed by atoms with Crippen LogP contribution in [0, 0.1) is 0 Å². The van der Waals surface area contributed by atoms with E-state index in [2.05, 4.69) is 30.6 Å². The highest BCUT2D eigenvalue weighted by Crippen LogP contribution is 2.43. The quantitative estimate of drug-likeness (QED) is 0.882. The summed E-state index contributed by atoms with van der Waals surface area (Å²) in [6.07, 6.45) is 2.31. The van der Waals surface area contributed by atoms with Gasteiger partial charge in [0.15, 0.2) is 0 Å². The van der Waals surface area contributed by atoms with Gasteiger partial charge < -0.3 is 10.1 Å². The Balaban J connectivity index is 1.97. The molecule has 2 unspecified atom stereocenters.